The maximum absolute atomic E-state index is 6.02. The summed E-state index contributed by atoms with van der Waals surface area (Å²) in [7, 11) is 3.32. The number of fused-ring (bicyclic) bond motifs is 1. The van der Waals surface area contributed by atoms with Crippen molar-refractivity contribution >= 4 is 11.6 Å². The minimum Gasteiger partial charge on any atom is -0.497 e. The lowest BCUT2D eigenvalue weighted by Crippen LogP contribution is -2.23. The molecule has 3 N–H and O–H groups in total. The zero-order valence-corrected chi connectivity index (χ0v) is 14.8. The summed E-state index contributed by atoms with van der Waals surface area (Å²) in [6, 6.07) is 12.2. The Morgan fingerprint density at radius 1 is 1.08 bits per heavy atom. The van der Waals surface area contributed by atoms with Crippen LogP contribution in [0.4, 0.5) is 5.69 Å². The lowest BCUT2D eigenvalue weighted by atomic mass is 10.1. The molecule has 5 nitrogen and oxygen atoms in total. The number of anilines is 1. The molecule has 0 unspecified atom stereocenters. The van der Waals surface area contributed by atoms with E-state index in [1.807, 2.05) is 18.2 Å². The summed E-state index contributed by atoms with van der Waals surface area (Å²) in [4.78, 5) is 4.43. The SMILES string of the molecule is COc1ccc(OC)c(CCN=C(N)Nc2ccc3c(c2)CCC3)c1. The molecule has 0 fully saturated rings. The first kappa shape index (κ1) is 17.1. The lowest BCUT2D eigenvalue weighted by molar-refractivity contribution is 0.399. The standard InChI is InChI=1S/C20H25N3O2/c1-24-18-8-9-19(25-2)16(13-18)10-11-22-20(21)23-17-7-6-14-4-3-5-15(14)12-17/h6-9,12-13H,3-5,10-11H2,1-2H3,(H3,21,22,23). The number of rotatable bonds is 6. The lowest BCUT2D eigenvalue weighted by Gasteiger charge is -2.10. The van der Waals surface area contributed by atoms with Crippen LogP contribution >= 0.6 is 0 Å². The second-order valence-corrected chi connectivity index (χ2v) is 6.16. The molecule has 2 aromatic rings. The molecule has 0 aliphatic heterocycles. The van der Waals surface area contributed by atoms with Crippen molar-refractivity contribution in [3.8, 4) is 11.5 Å². The molecule has 1 aliphatic rings. The van der Waals surface area contributed by atoms with Gasteiger partial charge in [-0.1, -0.05) is 6.07 Å². The van der Waals surface area contributed by atoms with Gasteiger partial charge in [0.25, 0.3) is 0 Å². The van der Waals surface area contributed by atoms with E-state index < -0.39 is 0 Å². The van der Waals surface area contributed by atoms with E-state index in [-0.39, 0.29) is 0 Å². The molecule has 0 amide bonds. The molecule has 0 heterocycles. The number of guanidine groups is 1. The van der Waals surface area contributed by atoms with Crippen molar-refractivity contribution in [3.05, 3.63) is 53.1 Å². The third-order valence-electron chi connectivity index (χ3n) is 4.52. The summed E-state index contributed by atoms with van der Waals surface area (Å²) in [6.45, 7) is 0.577. The van der Waals surface area contributed by atoms with E-state index in [0.717, 1.165) is 35.6 Å². The fraction of sp³-hybridized carbons (Fsp3) is 0.350. The van der Waals surface area contributed by atoms with Gasteiger partial charge in [-0.3, -0.25) is 4.99 Å². The number of aliphatic imine (C=N–C) groups is 1. The van der Waals surface area contributed by atoms with Gasteiger partial charge in [-0.05, 0) is 72.7 Å². The molecular weight excluding hydrogens is 314 g/mol. The van der Waals surface area contributed by atoms with E-state index in [9.17, 15) is 0 Å². The second kappa shape index (κ2) is 7.92. The second-order valence-electron chi connectivity index (χ2n) is 6.16. The Morgan fingerprint density at radius 2 is 1.92 bits per heavy atom. The molecule has 0 spiro atoms. The number of nitrogens with zero attached hydrogens (tertiary/aromatic N) is 1. The highest BCUT2D eigenvalue weighted by atomic mass is 16.5. The van der Waals surface area contributed by atoms with Crippen molar-refractivity contribution in [2.45, 2.75) is 25.7 Å². The van der Waals surface area contributed by atoms with E-state index >= 15 is 0 Å². The molecule has 1 aliphatic carbocycles. The molecule has 0 radical (unpaired) electrons. The Hall–Kier alpha value is -2.69. The molecule has 5 heteroatoms. The number of hydrogen-bond acceptors (Lipinski definition) is 3. The summed E-state index contributed by atoms with van der Waals surface area (Å²) in [6.07, 6.45) is 4.30. The topological polar surface area (TPSA) is 68.9 Å². The van der Waals surface area contributed by atoms with Crippen LogP contribution in [0.15, 0.2) is 41.4 Å². The van der Waals surface area contributed by atoms with E-state index in [4.69, 9.17) is 15.2 Å². The number of ether oxygens (including phenoxy) is 2. The van der Waals surface area contributed by atoms with Gasteiger partial charge < -0.3 is 20.5 Å². The quantitative estimate of drug-likeness (QED) is 0.626. The maximum Gasteiger partial charge on any atom is 0.193 e. The van der Waals surface area contributed by atoms with Crippen LogP contribution in [0.1, 0.15) is 23.1 Å². The van der Waals surface area contributed by atoms with E-state index in [0.29, 0.717) is 12.5 Å². The predicted octanol–water partition coefficient (Wildman–Crippen LogP) is 3.16. The first-order valence-corrected chi connectivity index (χ1v) is 8.59. The third kappa shape index (κ3) is 4.24. The first-order chi connectivity index (χ1) is 12.2. The molecule has 2 aromatic carbocycles. The zero-order valence-electron chi connectivity index (χ0n) is 14.8. The van der Waals surface area contributed by atoms with Gasteiger partial charge in [0.2, 0.25) is 0 Å². The Kier molecular flexibility index (Phi) is 5.43. The summed E-state index contributed by atoms with van der Waals surface area (Å²) < 4.78 is 10.7. The molecule has 132 valence electrons. The number of benzene rings is 2. The molecule has 0 aromatic heterocycles. The van der Waals surface area contributed by atoms with E-state index in [1.165, 1.54) is 24.0 Å². The van der Waals surface area contributed by atoms with Crippen LogP contribution in [-0.2, 0) is 19.3 Å². The summed E-state index contributed by atoms with van der Waals surface area (Å²) in [5, 5.41) is 3.18. The van der Waals surface area contributed by atoms with Gasteiger partial charge in [-0.15, -0.1) is 0 Å². The van der Waals surface area contributed by atoms with Gasteiger partial charge in [0, 0.05) is 12.2 Å². The molecule has 25 heavy (non-hydrogen) atoms. The van der Waals surface area contributed by atoms with Gasteiger partial charge in [0.15, 0.2) is 5.96 Å². The fourth-order valence-electron chi connectivity index (χ4n) is 3.21. The number of aryl methyl sites for hydroxylation is 2. The number of hydrogen-bond donors (Lipinski definition) is 2. The smallest absolute Gasteiger partial charge is 0.193 e. The average Bonchev–Trinajstić information content (AvgIpc) is 3.09. The number of nitrogens with two attached hydrogens (primary N) is 1. The zero-order chi connectivity index (χ0) is 17.6. The van der Waals surface area contributed by atoms with Gasteiger partial charge in [-0.2, -0.15) is 0 Å². The van der Waals surface area contributed by atoms with Crippen molar-refractivity contribution in [2.75, 3.05) is 26.1 Å². The Morgan fingerprint density at radius 3 is 2.72 bits per heavy atom. The van der Waals surface area contributed by atoms with Crippen LogP contribution in [0.25, 0.3) is 0 Å². The van der Waals surface area contributed by atoms with Crippen LogP contribution in [0.2, 0.25) is 0 Å². The van der Waals surface area contributed by atoms with Crippen LogP contribution < -0.4 is 20.5 Å². The normalized spacial score (nSPS) is 13.4. The van der Waals surface area contributed by atoms with Gasteiger partial charge in [-0.25, -0.2) is 0 Å². The minimum atomic E-state index is 0.430. The predicted molar refractivity (Wildman–Crippen MR) is 102 cm³/mol. The third-order valence-corrected chi connectivity index (χ3v) is 4.52. The summed E-state index contributed by atoms with van der Waals surface area (Å²) in [5.74, 6) is 2.07. The molecule has 0 atom stereocenters. The van der Waals surface area contributed by atoms with Crippen molar-refractivity contribution in [3.63, 3.8) is 0 Å². The van der Waals surface area contributed by atoms with Crippen LogP contribution in [0, 0.1) is 0 Å². The maximum atomic E-state index is 6.02. The summed E-state index contributed by atoms with van der Waals surface area (Å²) >= 11 is 0. The monoisotopic (exact) mass is 339 g/mol. The Labute approximate surface area is 148 Å². The number of nitrogens with one attached hydrogen (secondary N) is 1. The molecule has 0 saturated carbocycles. The molecular formula is C20H25N3O2. The van der Waals surface area contributed by atoms with Crippen molar-refractivity contribution in [1.82, 2.24) is 0 Å². The Bertz CT molecular complexity index is 772. The van der Waals surface area contributed by atoms with Gasteiger partial charge in [0.1, 0.15) is 11.5 Å². The van der Waals surface area contributed by atoms with Crippen molar-refractivity contribution < 1.29 is 9.47 Å². The fourth-order valence-corrected chi connectivity index (χ4v) is 3.21. The highest BCUT2D eigenvalue weighted by Crippen LogP contribution is 2.25. The van der Waals surface area contributed by atoms with Crippen LogP contribution in [0.5, 0.6) is 11.5 Å². The average molecular weight is 339 g/mol. The molecule has 3 rings (SSSR count). The van der Waals surface area contributed by atoms with E-state index in [2.05, 4.69) is 28.5 Å². The number of methoxy groups -OCH3 is 2. The Balaban J connectivity index is 1.60. The first-order valence-electron chi connectivity index (χ1n) is 8.59. The minimum absolute atomic E-state index is 0.430. The van der Waals surface area contributed by atoms with Crippen LogP contribution in [-0.4, -0.2) is 26.7 Å². The van der Waals surface area contributed by atoms with E-state index in [1.54, 1.807) is 14.2 Å². The van der Waals surface area contributed by atoms with Gasteiger partial charge >= 0.3 is 0 Å². The van der Waals surface area contributed by atoms with Crippen molar-refractivity contribution in [1.29, 1.82) is 0 Å². The molecule has 0 bridgehead atoms. The van der Waals surface area contributed by atoms with Crippen LogP contribution in [0.3, 0.4) is 0 Å². The van der Waals surface area contributed by atoms with Gasteiger partial charge in [0.05, 0.1) is 14.2 Å². The highest BCUT2D eigenvalue weighted by Gasteiger charge is 2.11. The molecule has 0 saturated heterocycles. The summed E-state index contributed by atoms with van der Waals surface area (Å²) in [5.41, 5.74) is 10.9. The van der Waals surface area contributed by atoms with Crippen molar-refractivity contribution in [2.24, 2.45) is 10.7 Å². The highest BCUT2D eigenvalue weighted by molar-refractivity contribution is 5.92. The largest absolute Gasteiger partial charge is 0.497 e.